The number of alkyl halides is 2. The van der Waals surface area contributed by atoms with Crippen LogP contribution in [0.2, 0.25) is 0 Å². The molecule has 0 radical (unpaired) electrons. The summed E-state index contributed by atoms with van der Waals surface area (Å²) in [5, 5.41) is 3.14. The zero-order valence-electron chi connectivity index (χ0n) is 17.6. The number of carbonyl (C=O) groups excluding carboxylic acids is 2. The number of benzene rings is 1. The van der Waals surface area contributed by atoms with E-state index in [0.29, 0.717) is 13.1 Å². The van der Waals surface area contributed by atoms with Crippen LogP contribution in [0.3, 0.4) is 0 Å². The second-order valence-corrected chi connectivity index (χ2v) is 8.33. The van der Waals surface area contributed by atoms with E-state index in [0.717, 1.165) is 12.8 Å². The Hall–Kier alpha value is -2.38. The first kappa shape index (κ1) is 22.9. The average Bonchev–Trinajstić information content (AvgIpc) is 2.65. The van der Waals surface area contributed by atoms with Gasteiger partial charge in [-0.3, -0.25) is 0 Å². The molecule has 1 aliphatic rings. The molecule has 1 amide bonds. The number of halogens is 2. The van der Waals surface area contributed by atoms with E-state index in [-0.39, 0.29) is 34.9 Å². The van der Waals surface area contributed by atoms with E-state index in [1.807, 2.05) is 27.7 Å². The number of carbonyl (C=O) groups is 2. The van der Waals surface area contributed by atoms with Crippen molar-refractivity contribution >= 4 is 17.7 Å². The van der Waals surface area contributed by atoms with Crippen LogP contribution in [0.25, 0.3) is 0 Å². The highest BCUT2D eigenvalue weighted by atomic mass is 19.3. The number of nitrogens with one attached hydrogen (secondary N) is 1. The lowest BCUT2D eigenvalue weighted by atomic mass is 9.90. The highest BCUT2D eigenvalue weighted by molar-refractivity contribution is 5.90. The topological polar surface area (TPSA) is 67.9 Å². The number of methoxy groups -OCH3 is 1. The Bertz CT molecular complexity index is 726. The zero-order valence-corrected chi connectivity index (χ0v) is 17.6. The van der Waals surface area contributed by atoms with Crippen LogP contribution in [0, 0.1) is 5.92 Å². The van der Waals surface area contributed by atoms with Gasteiger partial charge >= 0.3 is 12.1 Å². The molecule has 1 N–H and O–H groups in total. The number of hydrogen-bond donors (Lipinski definition) is 1. The number of piperidine rings is 1. The van der Waals surface area contributed by atoms with E-state index >= 15 is 0 Å². The Labute approximate surface area is 170 Å². The predicted molar refractivity (Wildman–Crippen MR) is 106 cm³/mol. The van der Waals surface area contributed by atoms with Crippen molar-refractivity contribution in [2.24, 2.45) is 5.92 Å². The van der Waals surface area contributed by atoms with Gasteiger partial charge in [0.15, 0.2) is 0 Å². The molecule has 29 heavy (non-hydrogen) atoms. The fourth-order valence-electron chi connectivity index (χ4n) is 3.39. The summed E-state index contributed by atoms with van der Waals surface area (Å²) >= 11 is 0. The first-order valence-corrected chi connectivity index (χ1v) is 9.76. The highest BCUT2D eigenvalue weighted by Gasteiger charge is 2.29. The van der Waals surface area contributed by atoms with Crippen LogP contribution >= 0.6 is 0 Å². The van der Waals surface area contributed by atoms with Crippen molar-refractivity contribution in [2.45, 2.75) is 58.6 Å². The summed E-state index contributed by atoms with van der Waals surface area (Å²) in [5.41, 5.74) is -0.258. The molecular weight excluding hydrogens is 382 g/mol. The van der Waals surface area contributed by atoms with Crippen LogP contribution in [-0.4, -0.2) is 48.8 Å². The van der Waals surface area contributed by atoms with Crippen molar-refractivity contribution in [1.29, 1.82) is 0 Å². The van der Waals surface area contributed by atoms with Gasteiger partial charge in [0.1, 0.15) is 5.60 Å². The van der Waals surface area contributed by atoms with Gasteiger partial charge in [0.2, 0.25) is 0 Å². The summed E-state index contributed by atoms with van der Waals surface area (Å²) in [4.78, 5) is 25.6. The Kier molecular flexibility index (Phi) is 7.43. The predicted octanol–water partition coefficient (Wildman–Crippen LogP) is 4.86. The maximum absolute atomic E-state index is 13.4. The third-order valence-electron chi connectivity index (χ3n) is 4.99. The Morgan fingerprint density at radius 3 is 2.34 bits per heavy atom. The van der Waals surface area contributed by atoms with Crippen LogP contribution in [0.15, 0.2) is 18.2 Å². The molecule has 8 heteroatoms. The normalized spacial score (nSPS) is 16.5. The van der Waals surface area contributed by atoms with Crippen LogP contribution in [0.1, 0.15) is 62.9 Å². The van der Waals surface area contributed by atoms with Crippen molar-refractivity contribution < 1.29 is 27.8 Å². The molecule has 0 saturated carbocycles. The molecule has 1 aliphatic heterocycles. The van der Waals surface area contributed by atoms with E-state index < -0.39 is 18.0 Å². The van der Waals surface area contributed by atoms with Gasteiger partial charge in [-0.25, -0.2) is 18.4 Å². The largest absolute Gasteiger partial charge is 0.465 e. The quantitative estimate of drug-likeness (QED) is 0.700. The molecule has 1 heterocycles. The number of anilines is 1. The third-order valence-corrected chi connectivity index (χ3v) is 4.99. The molecule has 0 aliphatic carbocycles. The first-order valence-electron chi connectivity index (χ1n) is 9.76. The summed E-state index contributed by atoms with van der Waals surface area (Å²) in [6, 6.07) is 3.88. The van der Waals surface area contributed by atoms with Gasteiger partial charge in [-0.2, -0.15) is 0 Å². The van der Waals surface area contributed by atoms with Crippen molar-refractivity contribution in [3.05, 3.63) is 29.3 Å². The summed E-state index contributed by atoms with van der Waals surface area (Å²) < 4.78 is 36.9. The molecular formula is C21H30F2N2O4. The zero-order chi connectivity index (χ0) is 21.8. The van der Waals surface area contributed by atoms with Crippen LogP contribution < -0.4 is 5.32 Å². The van der Waals surface area contributed by atoms with Crippen molar-refractivity contribution in [3.63, 3.8) is 0 Å². The molecule has 162 valence electrons. The van der Waals surface area contributed by atoms with Gasteiger partial charge < -0.3 is 19.7 Å². The van der Waals surface area contributed by atoms with Gasteiger partial charge in [-0.15, -0.1) is 0 Å². The number of hydrogen-bond acceptors (Lipinski definition) is 5. The second-order valence-electron chi connectivity index (χ2n) is 8.33. The molecule has 1 saturated heterocycles. The lowest BCUT2D eigenvalue weighted by molar-refractivity contribution is 0.0178. The Morgan fingerprint density at radius 1 is 1.21 bits per heavy atom. The van der Waals surface area contributed by atoms with E-state index in [1.54, 1.807) is 4.90 Å². The monoisotopic (exact) mass is 412 g/mol. The minimum absolute atomic E-state index is 0.110. The highest BCUT2D eigenvalue weighted by Crippen LogP contribution is 2.31. The van der Waals surface area contributed by atoms with Gasteiger partial charge in [0, 0.05) is 30.4 Å². The van der Waals surface area contributed by atoms with E-state index in [1.165, 1.54) is 25.3 Å². The molecule has 1 fully saturated rings. The smallest absolute Gasteiger partial charge is 0.410 e. The number of rotatable bonds is 5. The van der Waals surface area contributed by atoms with Gasteiger partial charge in [-0.1, -0.05) is 6.07 Å². The van der Waals surface area contributed by atoms with E-state index in [4.69, 9.17) is 4.74 Å². The van der Waals surface area contributed by atoms with Crippen molar-refractivity contribution in [2.75, 3.05) is 25.5 Å². The molecule has 0 bridgehead atoms. The molecule has 0 aromatic heterocycles. The van der Waals surface area contributed by atoms with Gasteiger partial charge in [-0.05, 0) is 58.6 Å². The average molecular weight is 412 g/mol. The fraction of sp³-hybridized carbons (Fsp3) is 0.619. The molecule has 1 atom stereocenters. The minimum Gasteiger partial charge on any atom is -0.465 e. The van der Waals surface area contributed by atoms with E-state index in [2.05, 4.69) is 10.1 Å². The molecule has 1 aromatic carbocycles. The first-order chi connectivity index (χ1) is 13.5. The molecule has 2 rings (SSSR count). The second kappa shape index (κ2) is 9.41. The minimum atomic E-state index is -2.66. The number of amides is 1. The summed E-state index contributed by atoms with van der Waals surface area (Å²) in [6.07, 6.45) is -1.53. The number of ether oxygens (including phenoxy) is 2. The molecule has 6 nitrogen and oxygen atoms in total. The maximum Gasteiger partial charge on any atom is 0.410 e. The summed E-state index contributed by atoms with van der Waals surface area (Å²) in [6.45, 7) is 8.50. The third kappa shape index (κ3) is 6.30. The van der Waals surface area contributed by atoms with Gasteiger partial charge in [0.25, 0.3) is 6.43 Å². The SMILES string of the molecule is COC(=O)c1ccc(C(F)F)c(NC(C)C2CCN(C(=O)OC(C)(C)C)CC2)c1. The van der Waals surface area contributed by atoms with E-state index in [9.17, 15) is 18.4 Å². The summed E-state index contributed by atoms with van der Waals surface area (Å²) in [7, 11) is 1.25. The van der Waals surface area contributed by atoms with Gasteiger partial charge in [0.05, 0.1) is 12.7 Å². The molecule has 1 aromatic rings. The van der Waals surface area contributed by atoms with Crippen LogP contribution in [0.5, 0.6) is 0 Å². The van der Waals surface area contributed by atoms with Crippen LogP contribution in [0.4, 0.5) is 19.3 Å². The summed E-state index contributed by atoms with van der Waals surface area (Å²) in [5.74, 6) is -0.381. The molecule has 0 spiro atoms. The lowest BCUT2D eigenvalue weighted by Crippen LogP contribution is -2.44. The Balaban J connectivity index is 2.03. The molecule has 1 unspecified atom stereocenters. The fourth-order valence-corrected chi connectivity index (χ4v) is 3.39. The lowest BCUT2D eigenvalue weighted by Gasteiger charge is -2.36. The standard InChI is InChI=1S/C21H30F2N2O4/c1-13(14-8-10-25(11-9-14)20(27)29-21(2,3)4)24-17-12-15(19(26)28-5)6-7-16(17)18(22)23/h6-7,12-14,18,24H,8-11H2,1-5H3. The van der Waals surface area contributed by atoms with Crippen molar-refractivity contribution in [1.82, 2.24) is 4.90 Å². The van der Waals surface area contributed by atoms with Crippen molar-refractivity contribution in [3.8, 4) is 0 Å². The number of nitrogens with zero attached hydrogens (tertiary/aromatic N) is 1. The number of likely N-dealkylation sites (tertiary alicyclic amines) is 1. The maximum atomic E-state index is 13.4. The number of esters is 1. The Morgan fingerprint density at radius 2 is 1.83 bits per heavy atom. The van der Waals surface area contributed by atoms with Crippen LogP contribution in [-0.2, 0) is 9.47 Å².